The first-order valence-electron chi connectivity index (χ1n) is 8.48. The zero-order valence-corrected chi connectivity index (χ0v) is 14.7. The zero-order valence-electron chi connectivity index (χ0n) is 14.7. The average Bonchev–Trinajstić information content (AvgIpc) is 2.64. The van der Waals surface area contributed by atoms with Crippen molar-refractivity contribution in [2.45, 2.75) is 26.9 Å². The molecule has 0 fully saturated rings. The van der Waals surface area contributed by atoms with Crippen molar-refractivity contribution in [2.24, 2.45) is 5.92 Å². The minimum atomic E-state index is -0.328. The molecule has 134 valence electrons. The van der Waals surface area contributed by atoms with E-state index in [-0.39, 0.29) is 29.6 Å². The first-order valence-corrected chi connectivity index (χ1v) is 8.48. The lowest BCUT2D eigenvalue weighted by atomic mass is 10.1. The zero-order chi connectivity index (χ0) is 18.7. The number of para-hydroxylation sites is 1. The molecule has 0 atom stereocenters. The van der Waals surface area contributed by atoms with Gasteiger partial charge < -0.3 is 9.32 Å². The number of rotatable bonds is 5. The highest BCUT2D eigenvalue weighted by Gasteiger charge is 2.20. The van der Waals surface area contributed by atoms with Crippen LogP contribution in [0.4, 0.5) is 4.39 Å². The molecule has 0 aliphatic rings. The maximum absolute atomic E-state index is 13.1. The Morgan fingerprint density at radius 1 is 1.08 bits per heavy atom. The number of hydrogen-bond donors (Lipinski definition) is 0. The Balaban J connectivity index is 1.92. The number of benzene rings is 2. The highest BCUT2D eigenvalue weighted by molar-refractivity contribution is 5.79. The van der Waals surface area contributed by atoms with Crippen molar-refractivity contribution < 1.29 is 13.6 Å². The molecule has 0 unspecified atom stereocenters. The normalized spacial score (nSPS) is 11.1. The number of carbonyl (C=O) groups excluding carboxylic acids is 1. The fraction of sp³-hybridized carbons (Fsp3) is 0.238. The van der Waals surface area contributed by atoms with Crippen molar-refractivity contribution in [2.75, 3.05) is 0 Å². The molecule has 0 spiro atoms. The van der Waals surface area contributed by atoms with Crippen LogP contribution in [0.25, 0.3) is 11.0 Å². The SMILES string of the molecule is CC(C)C(=O)N(Cc1ccc(F)cc1)Cc1coc2ccccc2c1=O. The Kier molecular flexibility index (Phi) is 5.16. The van der Waals surface area contributed by atoms with Crippen LogP contribution in [0, 0.1) is 11.7 Å². The van der Waals surface area contributed by atoms with E-state index in [1.165, 1.54) is 18.4 Å². The smallest absolute Gasteiger partial charge is 0.225 e. The first-order chi connectivity index (χ1) is 12.5. The lowest BCUT2D eigenvalue weighted by Gasteiger charge is -2.24. The molecule has 0 aliphatic heterocycles. The van der Waals surface area contributed by atoms with Crippen molar-refractivity contribution in [1.29, 1.82) is 0 Å². The summed E-state index contributed by atoms with van der Waals surface area (Å²) in [4.78, 5) is 26.9. The molecule has 0 N–H and O–H groups in total. The lowest BCUT2D eigenvalue weighted by Crippen LogP contribution is -2.34. The van der Waals surface area contributed by atoms with Crippen molar-refractivity contribution in [3.05, 3.63) is 82.0 Å². The van der Waals surface area contributed by atoms with Gasteiger partial charge in [-0.1, -0.05) is 38.1 Å². The summed E-state index contributed by atoms with van der Waals surface area (Å²) in [6.07, 6.45) is 1.41. The van der Waals surface area contributed by atoms with Crippen molar-refractivity contribution >= 4 is 16.9 Å². The molecule has 0 radical (unpaired) electrons. The predicted octanol–water partition coefficient (Wildman–Crippen LogP) is 4.12. The molecule has 0 saturated carbocycles. The molecule has 0 saturated heterocycles. The van der Waals surface area contributed by atoms with Gasteiger partial charge in [-0.05, 0) is 29.8 Å². The van der Waals surface area contributed by atoms with Gasteiger partial charge in [0.25, 0.3) is 0 Å². The molecule has 26 heavy (non-hydrogen) atoms. The minimum absolute atomic E-state index is 0.0816. The molecular formula is C21H20FNO3. The summed E-state index contributed by atoms with van der Waals surface area (Å²) in [5, 5.41) is 0.490. The van der Waals surface area contributed by atoms with E-state index in [9.17, 15) is 14.0 Å². The summed E-state index contributed by atoms with van der Waals surface area (Å²) in [6.45, 7) is 4.05. The molecule has 1 heterocycles. The summed E-state index contributed by atoms with van der Waals surface area (Å²) in [6, 6.07) is 13.0. The Bertz CT molecular complexity index is 976. The molecule has 2 aromatic carbocycles. The third-order valence-electron chi connectivity index (χ3n) is 4.20. The van der Waals surface area contributed by atoms with Gasteiger partial charge in [-0.3, -0.25) is 9.59 Å². The molecule has 3 aromatic rings. The van der Waals surface area contributed by atoms with Crippen LogP contribution in [0.2, 0.25) is 0 Å². The second-order valence-corrected chi connectivity index (χ2v) is 6.56. The maximum atomic E-state index is 13.1. The molecule has 0 bridgehead atoms. The summed E-state index contributed by atoms with van der Waals surface area (Å²) >= 11 is 0. The Morgan fingerprint density at radius 3 is 2.46 bits per heavy atom. The average molecular weight is 353 g/mol. The highest BCUT2D eigenvalue weighted by atomic mass is 19.1. The van der Waals surface area contributed by atoms with Crippen molar-refractivity contribution in [1.82, 2.24) is 4.90 Å². The van der Waals surface area contributed by atoms with Gasteiger partial charge in [0, 0.05) is 12.5 Å². The summed E-state index contributed by atoms with van der Waals surface area (Å²) in [7, 11) is 0. The van der Waals surface area contributed by atoms with Crippen LogP contribution in [-0.2, 0) is 17.9 Å². The van der Waals surface area contributed by atoms with E-state index in [2.05, 4.69) is 0 Å². The topological polar surface area (TPSA) is 50.5 Å². The van der Waals surface area contributed by atoms with E-state index in [4.69, 9.17) is 4.42 Å². The summed E-state index contributed by atoms with van der Waals surface area (Å²) < 4.78 is 18.7. The van der Waals surface area contributed by atoms with Gasteiger partial charge in [0.05, 0.1) is 23.8 Å². The molecule has 5 heteroatoms. The number of carbonyl (C=O) groups is 1. The number of halogens is 1. The van der Waals surface area contributed by atoms with Crippen molar-refractivity contribution in [3.8, 4) is 0 Å². The lowest BCUT2D eigenvalue weighted by molar-refractivity contribution is -0.135. The summed E-state index contributed by atoms with van der Waals surface area (Å²) in [5.74, 6) is -0.629. The first kappa shape index (κ1) is 17.9. The fourth-order valence-corrected chi connectivity index (χ4v) is 2.82. The molecule has 1 amide bonds. The molecule has 1 aromatic heterocycles. The van der Waals surface area contributed by atoms with Crippen LogP contribution in [-0.4, -0.2) is 10.8 Å². The third-order valence-corrected chi connectivity index (χ3v) is 4.20. The highest BCUT2D eigenvalue weighted by Crippen LogP contribution is 2.15. The molecular weight excluding hydrogens is 333 g/mol. The van der Waals surface area contributed by atoms with Gasteiger partial charge in [-0.2, -0.15) is 0 Å². The van der Waals surface area contributed by atoms with Gasteiger partial charge >= 0.3 is 0 Å². The van der Waals surface area contributed by atoms with Crippen LogP contribution in [0.15, 0.2) is 64.0 Å². The maximum Gasteiger partial charge on any atom is 0.225 e. The van der Waals surface area contributed by atoms with Gasteiger partial charge in [0.2, 0.25) is 5.91 Å². The Labute approximate surface area is 150 Å². The van der Waals surface area contributed by atoms with E-state index in [1.807, 2.05) is 13.8 Å². The van der Waals surface area contributed by atoms with Crippen molar-refractivity contribution in [3.63, 3.8) is 0 Å². The van der Waals surface area contributed by atoms with E-state index >= 15 is 0 Å². The second kappa shape index (κ2) is 7.52. The molecule has 3 rings (SSSR count). The summed E-state index contributed by atoms with van der Waals surface area (Å²) in [5.41, 5.74) is 1.58. The quantitative estimate of drug-likeness (QED) is 0.693. The third kappa shape index (κ3) is 3.82. The Morgan fingerprint density at radius 2 is 1.77 bits per heavy atom. The van der Waals surface area contributed by atoms with Crippen LogP contribution in [0.1, 0.15) is 25.0 Å². The van der Waals surface area contributed by atoms with Gasteiger partial charge in [-0.25, -0.2) is 4.39 Å². The number of fused-ring (bicyclic) bond motifs is 1. The Hall–Kier alpha value is -2.95. The van der Waals surface area contributed by atoms with Crippen LogP contribution < -0.4 is 5.43 Å². The van der Waals surface area contributed by atoms with Gasteiger partial charge in [0.1, 0.15) is 11.4 Å². The van der Waals surface area contributed by atoms with Crippen LogP contribution >= 0.6 is 0 Å². The largest absolute Gasteiger partial charge is 0.464 e. The fourth-order valence-electron chi connectivity index (χ4n) is 2.82. The number of nitrogens with zero attached hydrogens (tertiary/aromatic N) is 1. The van der Waals surface area contributed by atoms with E-state index in [0.717, 1.165) is 5.56 Å². The van der Waals surface area contributed by atoms with E-state index < -0.39 is 0 Å². The standard InChI is InChI=1S/C21H20FNO3/c1-14(2)21(25)23(11-15-7-9-17(22)10-8-15)12-16-13-26-19-6-4-3-5-18(19)20(16)24/h3-10,13-14H,11-12H2,1-2H3. The monoisotopic (exact) mass is 353 g/mol. The second-order valence-electron chi connectivity index (χ2n) is 6.56. The molecule has 4 nitrogen and oxygen atoms in total. The van der Waals surface area contributed by atoms with Crippen LogP contribution in [0.5, 0.6) is 0 Å². The van der Waals surface area contributed by atoms with E-state index in [1.54, 1.807) is 41.3 Å². The minimum Gasteiger partial charge on any atom is -0.464 e. The van der Waals surface area contributed by atoms with Gasteiger partial charge in [0.15, 0.2) is 5.43 Å². The number of amides is 1. The van der Waals surface area contributed by atoms with E-state index in [0.29, 0.717) is 23.1 Å². The number of hydrogen-bond acceptors (Lipinski definition) is 3. The van der Waals surface area contributed by atoms with Crippen LogP contribution in [0.3, 0.4) is 0 Å². The molecule has 0 aliphatic carbocycles. The predicted molar refractivity (Wildman–Crippen MR) is 98.0 cm³/mol. The van der Waals surface area contributed by atoms with Gasteiger partial charge in [-0.15, -0.1) is 0 Å².